The van der Waals surface area contributed by atoms with E-state index >= 15 is 0 Å². The van der Waals surface area contributed by atoms with Crippen molar-refractivity contribution in [3.8, 4) is 17.5 Å². The van der Waals surface area contributed by atoms with Crippen LogP contribution in [-0.4, -0.2) is 16.7 Å². The van der Waals surface area contributed by atoms with Crippen LogP contribution in [-0.2, 0) is 11.3 Å². The summed E-state index contributed by atoms with van der Waals surface area (Å²) in [6.07, 6.45) is 0.959. The highest BCUT2D eigenvalue weighted by Crippen LogP contribution is 2.17. The lowest BCUT2D eigenvalue weighted by Crippen LogP contribution is -1.95. The van der Waals surface area contributed by atoms with Gasteiger partial charge in [-0.15, -0.1) is 0 Å². The van der Waals surface area contributed by atoms with Crippen LogP contribution in [0.3, 0.4) is 0 Å². The summed E-state index contributed by atoms with van der Waals surface area (Å²) in [5.41, 5.74) is 1.40. The number of hydrogen-bond donors (Lipinski definition) is 0. The molecule has 2 aromatic rings. The topological polar surface area (TPSA) is 71.9 Å². The third-order valence-corrected chi connectivity index (χ3v) is 2.31. The van der Waals surface area contributed by atoms with Crippen molar-refractivity contribution in [1.29, 1.82) is 5.26 Å². The molecule has 1 aromatic carbocycles. The Balaban J connectivity index is 2.06. The molecule has 0 amide bonds. The number of ether oxygens (including phenoxy) is 1. The summed E-state index contributed by atoms with van der Waals surface area (Å²) in [6.45, 7) is 3.08. The fourth-order valence-electron chi connectivity index (χ4n) is 1.42. The molecule has 18 heavy (non-hydrogen) atoms. The number of rotatable bonds is 5. The fourth-order valence-corrected chi connectivity index (χ4v) is 1.42. The highest BCUT2D eigenvalue weighted by Gasteiger charge is 2.08. The van der Waals surface area contributed by atoms with Crippen molar-refractivity contribution in [2.24, 2.45) is 0 Å². The molecule has 0 fully saturated rings. The molecule has 92 valence electrons. The van der Waals surface area contributed by atoms with Crippen LogP contribution < -0.4 is 0 Å². The number of nitriles is 1. The summed E-state index contributed by atoms with van der Waals surface area (Å²) in [6, 6.07) is 9.05. The van der Waals surface area contributed by atoms with Gasteiger partial charge in [0.05, 0.1) is 11.6 Å². The Bertz CT molecular complexity index is 540. The van der Waals surface area contributed by atoms with Gasteiger partial charge in [0.2, 0.25) is 0 Å². The second-order valence-electron chi connectivity index (χ2n) is 3.76. The average Bonchev–Trinajstić information content (AvgIpc) is 2.88. The zero-order chi connectivity index (χ0) is 12.8. The van der Waals surface area contributed by atoms with Crippen LogP contribution in [0.5, 0.6) is 0 Å². The second-order valence-corrected chi connectivity index (χ2v) is 3.76. The number of hydrogen-bond acceptors (Lipinski definition) is 5. The Labute approximate surface area is 105 Å². The van der Waals surface area contributed by atoms with Crippen LogP contribution in [0.15, 0.2) is 28.8 Å². The highest BCUT2D eigenvalue weighted by atomic mass is 16.5. The first kappa shape index (κ1) is 12.3. The van der Waals surface area contributed by atoms with Gasteiger partial charge in [0.25, 0.3) is 5.89 Å². The third-order valence-electron chi connectivity index (χ3n) is 2.31. The molecule has 0 aliphatic carbocycles. The van der Waals surface area contributed by atoms with Gasteiger partial charge in [0, 0.05) is 12.2 Å². The first-order chi connectivity index (χ1) is 8.83. The van der Waals surface area contributed by atoms with E-state index in [1.54, 1.807) is 24.3 Å². The average molecular weight is 243 g/mol. The van der Waals surface area contributed by atoms with Gasteiger partial charge in [-0.3, -0.25) is 0 Å². The van der Waals surface area contributed by atoms with Crippen molar-refractivity contribution in [2.75, 3.05) is 6.61 Å². The third kappa shape index (κ3) is 2.93. The normalized spacial score (nSPS) is 10.2. The second kappa shape index (κ2) is 5.94. The van der Waals surface area contributed by atoms with Gasteiger partial charge in [0.15, 0.2) is 5.82 Å². The Kier molecular flexibility index (Phi) is 4.05. The Morgan fingerprint density at radius 3 is 2.78 bits per heavy atom. The van der Waals surface area contributed by atoms with Crippen molar-refractivity contribution < 1.29 is 9.26 Å². The minimum atomic E-state index is 0.355. The highest BCUT2D eigenvalue weighted by molar-refractivity contribution is 5.54. The van der Waals surface area contributed by atoms with Crippen LogP contribution in [0.1, 0.15) is 24.7 Å². The Morgan fingerprint density at radius 2 is 2.11 bits per heavy atom. The molecule has 0 bridgehead atoms. The molecule has 0 saturated heterocycles. The SMILES string of the molecule is CCCOCc1noc(-c2ccc(C#N)cc2)n1. The van der Waals surface area contributed by atoms with E-state index in [0.717, 1.165) is 12.0 Å². The maximum Gasteiger partial charge on any atom is 0.258 e. The number of aromatic nitrogens is 2. The first-order valence-electron chi connectivity index (χ1n) is 5.74. The maximum atomic E-state index is 8.71. The summed E-state index contributed by atoms with van der Waals surface area (Å²) in [7, 11) is 0. The summed E-state index contributed by atoms with van der Waals surface area (Å²) in [4.78, 5) is 4.22. The quantitative estimate of drug-likeness (QED) is 0.754. The van der Waals surface area contributed by atoms with Crippen LogP contribution in [0.25, 0.3) is 11.5 Å². The smallest absolute Gasteiger partial charge is 0.258 e. The van der Waals surface area contributed by atoms with Crippen molar-refractivity contribution >= 4 is 0 Å². The van der Waals surface area contributed by atoms with Gasteiger partial charge < -0.3 is 9.26 Å². The molecule has 5 nitrogen and oxygen atoms in total. The van der Waals surface area contributed by atoms with Gasteiger partial charge >= 0.3 is 0 Å². The zero-order valence-electron chi connectivity index (χ0n) is 10.1. The molecule has 2 rings (SSSR count). The first-order valence-corrected chi connectivity index (χ1v) is 5.74. The number of nitrogens with zero attached hydrogens (tertiary/aromatic N) is 3. The largest absolute Gasteiger partial charge is 0.373 e. The minimum Gasteiger partial charge on any atom is -0.373 e. The summed E-state index contributed by atoms with van der Waals surface area (Å²) < 4.78 is 10.5. The zero-order valence-corrected chi connectivity index (χ0v) is 10.1. The lowest BCUT2D eigenvalue weighted by atomic mass is 10.1. The maximum absolute atomic E-state index is 8.71. The van der Waals surface area contributed by atoms with E-state index in [9.17, 15) is 0 Å². The molecule has 0 N–H and O–H groups in total. The molecular formula is C13H13N3O2. The van der Waals surface area contributed by atoms with Crippen LogP contribution in [0.4, 0.5) is 0 Å². The lowest BCUT2D eigenvalue weighted by Gasteiger charge is -1.95. The van der Waals surface area contributed by atoms with Crippen molar-refractivity contribution in [2.45, 2.75) is 20.0 Å². The molecule has 0 atom stereocenters. The van der Waals surface area contributed by atoms with Gasteiger partial charge in [-0.1, -0.05) is 12.1 Å². The molecule has 0 spiro atoms. The van der Waals surface area contributed by atoms with Gasteiger partial charge in [-0.25, -0.2) is 0 Å². The van der Waals surface area contributed by atoms with E-state index in [0.29, 0.717) is 30.5 Å². The Morgan fingerprint density at radius 1 is 1.33 bits per heavy atom. The standard InChI is InChI=1S/C13H13N3O2/c1-2-7-17-9-12-15-13(18-16-12)11-5-3-10(8-14)4-6-11/h3-6H,2,7,9H2,1H3. The molecule has 0 saturated carbocycles. The van der Waals surface area contributed by atoms with Crippen molar-refractivity contribution in [1.82, 2.24) is 10.1 Å². The van der Waals surface area contributed by atoms with Crippen LogP contribution in [0, 0.1) is 11.3 Å². The molecule has 1 heterocycles. The van der Waals surface area contributed by atoms with Crippen LogP contribution in [0.2, 0.25) is 0 Å². The van der Waals surface area contributed by atoms with E-state index in [2.05, 4.69) is 16.2 Å². The molecule has 0 aliphatic rings. The Hall–Kier alpha value is -2.19. The van der Waals surface area contributed by atoms with E-state index in [-0.39, 0.29) is 0 Å². The van der Waals surface area contributed by atoms with Crippen LogP contribution >= 0.6 is 0 Å². The van der Waals surface area contributed by atoms with Gasteiger partial charge in [0.1, 0.15) is 6.61 Å². The predicted molar refractivity (Wildman–Crippen MR) is 64.4 cm³/mol. The van der Waals surface area contributed by atoms with E-state index < -0.39 is 0 Å². The van der Waals surface area contributed by atoms with Gasteiger partial charge in [-0.05, 0) is 30.7 Å². The van der Waals surface area contributed by atoms with Crippen molar-refractivity contribution in [3.63, 3.8) is 0 Å². The van der Waals surface area contributed by atoms with E-state index in [1.807, 2.05) is 6.92 Å². The fraction of sp³-hybridized carbons (Fsp3) is 0.308. The van der Waals surface area contributed by atoms with E-state index in [4.69, 9.17) is 14.5 Å². The lowest BCUT2D eigenvalue weighted by molar-refractivity contribution is 0.114. The van der Waals surface area contributed by atoms with Crippen molar-refractivity contribution in [3.05, 3.63) is 35.7 Å². The van der Waals surface area contributed by atoms with Gasteiger partial charge in [-0.2, -0.15) is 10.2 Å². The predicted octanol–water partition coefficient (Wildman–Crippen LogP) is 2.53. The monoisotopic (exact) mass is 243 g/mol. The van der Waals surface area contributed by atoms with E-state index in [1.165, 1.54) is 0 Å². The molecule has 0 unspecified atom stereocenters. The molecule has 0 radical (unpaired) electrons. The minimum absolute atomic E-state index is 0.355. The molecule has 5 heteroatoms. The molecule has 1 aromatic heterocycles. The molecular weight excluding hydrogens is 230 g/mol. The summed E-state index contributed by atoms with van der Waals surface area (Å²) in [5.74, 6) is 0.970. The summed E-state index contributed by atoms with van der Waals surface area (Å²) in [5, 5.41) is 12.5. The molecule has 0 aliphatic heterocycles. The number of benzene rings is 1. The summed E-state index contributed by atoms with van der Waals surface area (Å²) >= 11 is 0.